The minimum atomic E-state index is -3.58. The summed E-state index contributed by atoms with van der Waals surface area (Å²) in [6, 6.07) is 5.69. The predicted molar refractivity (Wildman–Crippen MR) is 94.7 cm³/mol. The maximum Gasteiger partial charge on any atom is 0.311 e. The summed E-state index contributed by atoms with van der Waals surface area (Å²) >= 11 is 0. The van der Waals surface area contributed by atoms with Crippen molar-refractivity contribution in [1.29, 1.82) is 0 Å². The van der Waals surface area contributed by atoms with Gasteiger partial charge in [-0.1, -0.05) is 6.92 Å². The summed E-state index contributed by atoms with van der Waals surface area (Å²) in [7, 11) is -3.58. The standard InChI is InChI=1S/C17H20N2O6S/c1-3-8-18-26(23,24)13-6-4-12(5-7-13)19-17(22)16-11(2)10-25-14(16)9-15(20)21/h4-7,10,18H,3,8-9H2,1-2H3,(H,19,22)(H,20,21). The summed E-state index contributed by atoms with van der Waals surface area (Å²) in [4.78, 5) is 23.4. The van der Waals surface area contributed by atoms with Gasteiger partial charge in [0.2, 0.25) is 10.0 Å². The average molecular weight is 380 g/mol. The van der Waals surface area contributed by atoms with Crippen LogP contribution in [0.5, 0.6) is 0 Å². The monoisotopic (exact) mass is 380 g/mol. The Balaban J connectivity index is 2.16. The number of sulfonamides is 1. The number of hydrogen-bond donors (Lipinski definition) is 3. The Morgan fingerprint density at radius 1 is 1.19 bits per heavy atom. The number of rotatable bonds is 8. The first kappa shape index (κ1) is 19.7. The SMILES string of the molecule is CCCNS(=O)(=O)c1ccc(NC(=O)c2c(C)coc2CC(=O)O)cc1. The van der Waals surface area contributed by atoms with Gasteiger partial charge in [-0.15, -0.1) is 0 Å². The van der Waals surface area contributed by atoms with Crippen LogP contribution in [0.4, 0.5) is 5.69 Å². The van der Waals surface area contributed by atoms with Crippen LogP contribution in [0.25, 0.3) is 0 Å². The number of hydrogen-bond acceptors (Lipinski definition) is 5. The van der Waals surface area contributed by atoms with Gasteiger partial charge >= 0.3 is 5.97 Å². The maximum absolute atomic E-state index is 12.4. The van der Waals surface area contributed by atoms with Crippen molar-refractivity contribution in [2.75, 3.05) is 11.9 Å². The van der Waals surface area contributed by atoms with Crippen molar-refractivity contribution in [3.05, 3.63) is 47.4 Å². The Bertz CT molecular complexity index is 900. The number of anilines is 1. The molecule has 0 fully saturated rings. The van der Waals surface area contributed by atoms with Gasteiger partial charge in [-0.05, 0) is 37.6 Å². The number of aliphatic carboxylic acids is 1. The van der Waals surface area contributed by atoms with E-state index in [9.17, 15) is 18.0 Å². The van der Waals surface area contributed by atoms with Crippen LogP contribution >= 0.6 is 0 Å². The molecule has 0 radical (unpaired) electrons. The molecule has 0 unspecified atom stereocenters. The summed E-state index contributed by atoms with van der Waals surface area (Å²) in [6.45, 7) is 3.84. The second-order valence-corrected chi connectivity index (χ2v) is 7.43. The van der Waals surface area contributed by atoms with Crippen LogP contribution in [0, 0.1) is 6.92 Å². The normalized spacial score (nSPS) is 11.3. The van der Waals surface area contributed by atoms with E-state index in [0.29, 0.717) is 24.2 Å². The van der Waals surface area contributed by atoms with E-state index in [4.69, 9.17) is 9.52 Å². The molecular weight excluding hydrogens is 360 g/mol. The van der Waals surface area contributed by atoms with E-state index in [1.807, 2.05) is 6.92 Å². The van der Waals surface area contributed by atoms with Gasteiger partial charge in [0.25, 0.3) is 5.91 Å². The molecule has 0 saturated carbocycles. The van der Waals surface area contributed by atoms with E-state index in [2.05, 4.69) is 10.0 Å². The highest BCUT2D eigenvalue weighted by molar-refractivity contribution is 7.89. The largest absolute Gasteiger partial charge is 0.481 e. The lowest BCUT2D eigenvalue weighted by atomic mass is 10.1. The zero-order chi connectivity index (χ0) is 19.3. The molecule has 1 amide bonds. The van der Waals surface area contributed by atoms with E-state index >= 15 is 0 Å². The van der Waals surface area contributed by atoms with Crippen molar-refractivity contribution < 1.29 is 27.5 Å². The third kappa shape index (κ3) is 4.70. The van der Waals surface area contributed by atoms with E-state index in [-0.39, 0.29) is 16.2 Å². The van der Waals surface area contributed by atoms with Crippen molar-refractivity contribution in [2.24, 2.45) is 0 Å². The lowest BCUT2D eigenvalue weighted by Crippen LogP contribution is -2.24. The molecule has 140 valence electrons. The lowest BCUT2D eigenvalue weighted by Gasteiger charge is -2.08. The quantitative estimate of drug-likeness (QED) is 0.644. The van der Waals surface area contributed by atoms with Gasteiger partial charge in [0.1, 0.15) is 12.2 Å². The van der Waals surface area contributed by atoms with Crippen LogP contribution in [0.3, 0.4) is 0 Å². The number of amides is 1. The first-order valence-corrected chi connectivity index (χ1v) is 9.42. The highest BCUT2D eigenvalue weighted by Gasteiger charge is 2.21. The van der Waals surface area contributed by atoms with Crippen LogP contribution in [0.15, 0.2) is 39.8 Å². The topological polar surface area (TPSA) is 126 Å². The zero-order valence-electron chi connectivity index (χ0n) is 14.4. The number of carboxylic acids is 1. The molecule has 0 atom stereocenters. The van der Waals surface area contributed by atoms with Gasteiger partial charge in [0.05, 0.1) is 16.7 Å². The summed E-state index contributed by atoms with van der Waals surface area (Å²) < 4.78 is 31.7. The molecule has 1 aromatic heterocycles. The van der Waals surface area contributed by atoms with Crippen molar-refractivity contribution in [3.63, 3.8) is 0 Å². The molecule has 26 heavy (non-hydrogen) atoms. The Hall–Kier alpha value is -2.65. The molecule has 1 heterocycles. The minimum Gasteiger partial charge on any atom is -0.481 e. The molecule has 8 nitrogen and oxygen atoms in total. The number of aryl methyl sites for hydroxylation is 1. The number of nitrogens with one attached hydrogen (secondary N) is 2. The van der Waals surface area contributed by atoms with E-state index in [1.165, 1.54) is 30.5 Å². The molecule has 0 saturated heterocycles. The van der Waals surface area contributed by atoms with Crippen LogP contribution < -0.4 is 10.0 Å². The Labute approximate surface area is 151 Å². The average Bonchev–Trinajstić information content (AvgIpc) is 2.93. The molecule has 2 aromatic rings. The fraction of sp³-hybridized carbons (Fsp3) is 0.294. The second-order valence-electron chi connectivity index (χ2n) is 5.66. The molecular formula is C17H20N2O6S. The van der Waals surface area contributed by atoms with Crippen LogP contribution in [-0.2, 0) is 21.2 Å². The van der Waals surface area contributed by atoms with Gasteiger partial charge in [0, 0.05) is 17.8 Å². The van der Waals surface area contributed by atoms with Crippen molar-refractivity contribution >= 4 is 27.6 Å². The fourth-order valence-electron chi connectivity index (χ4n) is 2.30. The van der Waals surface area contributed by atoms with E-state index in [0.717, 1.165) is 0 Å². The summed E-state index contributed by atoms with van der Waals surface area (Å²) in [5.74, 6) is -1.56. The van der Waals surface area contributed by atoms with Crippen molar-refractivity contribution in [1.82, 2.24) is 4.72 Å². The first-order valence-electron chi connectivity index (χ1n) is 7.94. The number of carboxylic acid groups (broad SMARTS) is 1. The van der Waals surface area contributed by atoms with Gasteiger partial charge in [-0.25, -0.2) is 13.1 Å². The van der Waals surface area contributed by atoms with Gasteiger partial charge < -0.3 is 14.8 Å². The molecule has 0 bridgehead atoms. The number of carbonyl (C=O) groups is 2. The van der Waals surface area contributed by atoms with Gasteiger partial charge in [-0.3, -0.25) is 9.59 Å². The molecule has 0 aliphatic rings. The Kier molecular flexibility index (Phi) is 6.17. The third-order valence-electron chi connectivity index (χ3n) is 3.55. The Morgan fingerprint density at radius 3 is 2.42 bits per heavy atom. The van der Waals surface area contributed by atoms with Crippen LogP contribution in [-0.4, -0.2) is 31.9 Å². The number of furan rings is 1. The predicted octanol–water partition coefficient (Wildman–Crippen LogP) is 2.16. The first-order chi connectivity index (χ1) is 12.2. The summed E-state index contributed by atoms with van der Waals surface area (Å²) in [5.41, 5.74) is 1.06. The maximum atomic E-state index is 12.4. The minimum absolute atomic E-state index is 0.0652. The molecule has 9 heteroatoms. The number of carbonyl (C=O) groups excluding carboxylic acids is 1. The molecule has 1 aromatic carbocycles. The van der Waals surface area contributed by atoms with Crippen LogP contribution in [0.1, 0.15) is 35.0 Å². The molecule has 3 N–H and O–H groups in total. The molecule has 2 rings (SSSR count). The zero-order valence-corrected chi connectivity index (χ0v) is 15.2. The third-order valence-corrected chi connectivity index (χ3v) is 5.03. The van der Waals surface area contributed by atoms with Crippen molar-refractivity contribution in [2.45, 2.75) is 31.6 Å². The van der Waals surface area contributed by atoms with Crippen molar-refractivity contribution in [3.8, 4) is 0 Å². The smallest absolute Gasteiger partial charge is 0.311 e. The van der Waals surface area contributed by atoms with E-state index in [1.54, 1.807) is 6.92 Å². The molecule has 0 aliphatic carbocycles. The van der Waals surface area contributed by atoms with Gasteiger partial charge in [-0.2, -0.15) is 0 Å². The highest BCUT2D eigenvalue weighted by Crippen LogP contribution is 2.20. The fourth-order valence-corrected chi connectivity index (χ4v) is 3.44. The Morgan fingerprint density at radius 2 is 1.85 bits per heavy atom. The van der Waals surface area contributed by atoms with E-state index < -0.39 is 28.3 Å². The molecule has 0 aliphatic heterocycles. The summed E-state index contributed by atoms with van der Waals surface area (Å²) in [5, 5.41) is 11.5. The highest BCUT2D eigenvalue weighted by atomic mass is 32.2. The lowest BCUT2D eigenvalue weighted by molar-refractivity contribution is -0.136. The number of benzene rings is 1. The second kappa shape index (κ2) is 8.15. The molecule has 0 spiro atoms. The van der Waals surface area contributed by atoms with Gasteiger partial charge in [0.15, 0.2) is 0 Å². The van der Waals surface area contributed by atoms with Crippen LogP contribution in [0.2, 0.25) is 0 Å². The summed E-state index contributed by atoms with van der Waals surface area (Å²) in [6.07, 6.45) is 1.59.